The van der Waals surface area contributed by atoms with Crippen LogP contribution in [0.2, 0.25) is 0 Å². The third-order valence-electron chi connectivity index (χ3n) is 4.20. The highest BCUT2D eigenvalue weighted by molar-refractivity contribution is 6.02. The minimum Gasteiger partial charge on any atom is -0.435 e. The molecule has 2 aromatic rings. The van der Waals surface area contributed by atoms with Gasteiger partial charge in [-0.3, -0.25) is 4.79 Å². The quantitative estimate of drug-likeness (QED) is 0.739. The minimum atomic E-state index is -3.04. The molecule has 0 saturated carbocycles. The molecular formula is C19H19F3N2O3. The van der Waals surface area contributed by atoms with Gasteiger partial charge in [-0.05, 0) is 41.8 Å². The molecule has 1 amide bonds. The van der Waals surface area contributed by atoms with Gasteiger partial charge in [-0.2, -0.15) is 8.78 Å². The molecule has 0 radical (unpaired) electrons. The third-order valence-corrected chi connectivity index (χ3v) is 4.20. The molecule has 0 aromatic heterocycles. The van der Waals surface area contributed by atoms with Gasteiger partial charge in [-0.1, -0.05) is 6.07 Å². The Morgan fingerprint density at radius 3 is 2.74 bits per heavy atom. The molecule has 5 nitrogen and oxygen atoms in total. The summed E-state index contributed by atoms with van der Waals surface area (Å²) in [6.45, 7) is -1.55. The molecule has 0 saturated heterocycles. The molecule has 0 aliphatic carbocycles. The molecule has 27 heavy (non-hydrogen) atoms. The molecule has 3 rings (SSSR count). The lowest BCUT2D eigenvalue weighted by atomic mass is 10.0. The molecule has 8 heteroatoms. The van der Waals surface area contributed by atoms with Crippen LogP contribution in [-0.2, 0) is 4.74 Å². The molecule has 0 fully saturated rings. The lowest BCUT2D eigenvalue weighted by molar-refractivity contribution is -0.0499. The summed E-state index contributed by atoms with van der Waals surface area (Å²) in [5.74, 6) is -1.05. The molecule has 1 heterocycles. The number of ether oxygens (including phenoxy) is 2. The number of amides is 1. The summed E-state index contributed by atoms with van der Waals surface area (Å²) in [4.78, 5) is 14.2. The average Bonchev–Trinajstić information content (AvgIpc) is 2.62. The Labute approximate surface area is 154 Å². The van der Waals surface area contributed by atoms with E-state index in [0.29, 0.717) is 42.2 Å². The number of nitrogens with zero attached hydrogens (tertiary/aromatic N) is 1. The zero-order valence-electron chi connectivity index (χ0n) is 14.7. The van der Waals surface area contributed by atoms with E-state index in [1.807, 2.05) is 0 Å². The van der Waals surface area contributed by atoms with Crippen LogP contribution in [0.25, 0.3) is 11.1 Å². The topological polar surface area (TPSA) is 50.8 Å². The Hall–Kier alpha value is -2.74. The third kappa shape index (κ3) is 4.51. The lowest BCUT2D eigenvalue weighted by Gasteiger charge is -2.30. The number of carbonyl (C=O) groups excluding carboxylic acids is 1. The number of fused-ring (bicyclic) bond motifs is 1. The monoisotopic (exact) mass is 380 g/mol. The Morgan fingerprint density at radius 1 is 1.19 bits per heavy atom. The highest BCUT2D eigenvalue weighted by atomic mass is 19.3. The van der Waals surface area contributed by atoms with Crippen molar-refractivity contribution in [3.63, 3.8) is 0 Å². The van der Waals surface area contributed by atoms with E-state index in [0.717, 1.165) is 12.5 Å². The predicted octanol–water partition coefficient (Wildman–Crippen LogP) is 3.96. The van der Waals surface area contributed by atoms with Crippen molar-refractivity contribution in [2.45, 2.75) is 13.0 Å². The van der Waals surface area contributed by atoms with Gasteiger partial charge in [0.1, 0.15) is 11.6 Å². The van der Waals surface area contributed by atoms with Crippen molar-refractivity contribution < 1.29 is 27.4 Å². The fourth-order valence-electron chi connectivity index (χ4n) is 2.96. The van der Waals surface area contributed by atoms with Gasteiger partial charge in [0.15, 0.2) is 0 Å². The number of hydrogen-bond acceptors (Lipinski definition) is 4. The molecule has 2 aromatic carbocycles. The molecule has 0 bridgehead atoms. The number of carbonyl (C=O) groups is 1. The molecule has 144 valence electrons. The Bertz CT molecular complexity index is 830. The predicted molar refractivity (Wildman–Crippen MR) is 94.5 cm³/mol. The molecule has 0 unspecified atom stereocenters. The lowest BCUT2D eigenvalue weighted by Crippen LogP contribution is -2.40. The second kappa shape index (κ2) is 8.30. The van der Waals surface area contributed by atoms with Crippen molar-refractivity contribution in [2.24, 2.45) is 0 Å². The molecular weight excluding hydrogens is 361 g/mol. The van der Waals surface area contributed by atoms with E-state index in [1.165, 1.54) is 12.1 Å². The molecule has 0 spiro atoms. The summed E-state index contributed by atoms with van der Waals surface area (Å²) in [5.41, 5.74) is 2.08. The van der Waals surface area contributed by atoms with Crippen LogP contribution in [0.1, 0.15) is 16.8 Å². The van der Waals surface area contributed by atoms with Crippen LogP contribution >= 0.6 is 0 Å². The van der Waals surface area contributed by atoms with Gasteiger partial charge in [-0.25, -0.2) is 4.39 Å². The number of hydrogen-bond donors (Lipinski definition) is 1. The SMILES string of the molecule is COCCCN1CNc2cc(-c3cc(F)cc(OC(F)F)c3)ccc2C1=O. The smallest absolute Gasteiger partial charge is 0.387 e. The number of rotatable bonds is 7. The van der Waals surface area contributed by atoms with Crippen LogP contribution in [0.4, 0.5) is 18.9 Å². The van der Waals surface area contributed by atoms with Gasteiger partial charge in [0.25, 0.3) is 5.91 Å². The van der Waals surface area contributed by atoms with E-state index >= 15 is 0 Å². The standard InChI is InChI=1S/C19H19F3N2O3/c1-26-6-2-5-24-11-23-17-9-12(3-4-16(17)18(24)25)13-7-14(20)10-15(8-13)27-19(21)22/h3-4,7-10,19,23H,2,5-6,11H2,1H3. The minimum absolute atomic E-state index is 0.104. The van der Waals surface area contributed by atoms with E-state index in [9.17, 15) is 18.0 Å². The van der Waals surface area contributed by atoms with E-state index in [1.54, 1.807) is 30.2 Å². The maximum absolute atomic E-state index is 13.8. The van der Waals surface area contributed by atoms with E-state index < -0.39 is 12.4 Å². The van der Waals surface area contributed by atoms with Crippen LogP contribution in [-0.4, -0.2) is 44.3 Å². The van der Waals surface area contributed by atoms with Crippen molar-refractivity contribution in [3.05, 3.63) is 47.8 Å². The Kier molecular flexibility index (Phi) is 5.85. The van der Waals surface area contributed by atoms with E-state index in [-0.39, 0.29) is 11.7 Å². The summed E-state index contributed by atoms with van der Waals surface area (Å²) in [7, 11) is 1.61. The fraction of sp³-hybridized carbons (Fsp3) is 0.316. The highest BCUT2D eigenvalue weighted by Crippen LogP contribution is 2.31. The van der Waals surface area contributed by atoms with Crippen molar-refractivity contribution in [2.75, 3.05) is 32.2 Å². The van der Waals surface area contributed by atoms with Gasteiger partial charge in [-0.15, -0.1) is 0 Å². The first-order valence-electron chi connectivity index (χ1n) is 8.40. The fourth-order valence-corrected chi connectivity index (χ4v) is 2.96. The maximum atomic E-state index is 13.8. The van der Waals surface area contributed by atoms with Crippen LogP contribution in [0.5, 0.6) is 5.75 Å². The number of anilines is 1. The molecule has 0 atom stereocenters. The van der Waals surface area contributed by atoms with Crippen LogP contribution in [0, 0.1) is 5.82 Å². The second-order valence-corrected chi connectivity index (χ2v) is 6.06. The summed E-state index contributed by atoms with van der Waals surface area (Å²) in [6, 6.07) is 8.44. The van der Waals surface area contributed by atoms with Gasteiger partial charge < -0.3 is 19.7 Å². The summed E-state index contributed by atoms with van der Waals surface area (Å²) in [6.07, 6.45) is 0.730. The van der Waals surface area contributed by atoms with E-state index in [2.05, 4.69) is 10.1 Å². The zero-order valence-corrected chi connectivity index (χ0v) is 14.7. The van der Waals surface area contributed by atoms with Crippen molar-refractivity contribution in [1.29, 1.82) is 0 Å². The van der Waals surface area contributed by atoms with Gasteiger partial charge >= 0.3 is 6.61 Å². The first-order valence-corrected chi connectivity index (χ1v) is 8.40. The molecule has 1 aliphatic heterocycles. The highest BCUT2D eigenvalue weighted by Gasteiger charge is 2.24. The van der Waals surface area contributed by atoms with Gasteiger partial charge in [0.05, 0.1) is 12.2 Å². The Balaban J connectivity index is 1.83. The summed E-state index contributed by atoms with van der Waals surface area (Å²) in [5, 5.41) is 3.16. The van der Waals surface area contributed by atoms with Gasteiger partial charge in [0, 0.05) is 32.0 Å². The number of benzene rings is 2. The van der Waals surface area contributed by atoms with Crippen molar-refractivity contribution in [1.82, 2.24) is 4.90 Å². The molecule has 1 aliphatic rings. The normalized spacial score (nSPS) is 13.5. The number of methoxy groups -OCH3 is 1. The largest absolute Gasteiger partial charge is 0.435 e. The number of nitrogens with one attached hydrogen (secondary N) is 1. The van der Waals surface area contributed by atoms with Crippen LogP contribution in [0.15, 0.2) is 36.4 Å². The number of alkyl halides is 2. The first kappa shape index (κ1) is 19.0. The van der Waals surface area contributed by atoms with Crippen molar-refractivity contribution >= 4 is 11.6 Å². The van der Waals surface area contributed by atoms with Crippen LogP contribution < -0.4 is 10.1 Å². The zero-order chi connectivity index (χ0) is 19.4. The number of halogens is 3. The summed E-state index contributed by atoms with van der Waals surface area (Å²) < 4.78 is 47.8. The van der Waals surface area contributed by atoms with Gasteiger partial charge in [0.2, 0.25) is 0 Å². The van der Waals surface area contributed by atoms with Crippen molar-refractivity contribution in [3.8, 4) is 16.9 Å². The summed E-state index contributed by atoms with van der Waals surface area (Å²) >= 11 is 0. The van der Waals surface area contributed by atoms with Crippen LogP contribution in [0.3, 0.4) is 0 Å². The van der Waals surface area contributed by atoms with E-state index in [4.69, 9.17) is 4.74 Å². The first-order chi connectivity index (χ1) is 13.0. The average molecular weight is 380 g/mol. The molecule has 1 N–H and O–H groups in total. The Morgan fingerprint density at radius 2 is 2.00 bits per heavy atom. The second-order valence-electron chi connectivity index (χ2n) is 6.06. The maximum Gasteiger partial charge on any atom is 0.387 e.